The third kappa shape index (κ3) is 4.07. The summed E-state index contributed by atoms with van der Waals surface area (Å²) in [5.74, 6) is 0. The summed E-state index contributed by atoms with van der Waals surface area (Å²) >= 11 is 0. The van der Waals surface area contributed by atoms with Gasteiger partial charge in [-0.15, -0.1) is 0 Å². The molecule has 0 bridgehead atoms. The van der Waals surface area contributed by atoms with Crippen LogP contribution in [-0.4, -0.2) is 29.6 Å². The Morgan fingerprint density at radius 1 is 1.25 bits per heavy atom. The van der Waals surface area contributed by atoms with E-state index in [1.807, 2.05) is 0 Å². The second kappa shape index (κ2) is 7.24. The van der Waals surface area contributed by atoms with Gasteiger partial charge in [0, 0.05) is 24.7 Å². The summed E-state index contributed by atoms with van der Waals surface area (Å²) in [6.07, 6.45) is 5.23. The summed E-state index contributed by atoms with van der Waals surface area (Å²) in [5, 5.41) is 3.80. The van der Waals surface area contributed by atoms with Gasteiger partial charge in [0.2, 0.25) is 0 Å². The van der Waals surface area contributed by atoms with Crippen LogP contribution in [0, 0.1) is 0 Å². The first kappa shape index (κ1) is 15.5. The number of nitrogens with zero attached hydrogens (tertiary/aromatic N) is 1. The quantitative estimate of drug-likeness (QED) is 0.813. The molecular weight excluding hydrogens is 244 g/mol. The van der Waals surface area contributed by atoms with Crippen LogP contribution >= 0.6 is 0 Å². The Hall–Kier alpha value is -0.860. The van der Waals surface area contributed by atoms with Crippen LogP contribution in [-0.2, 0) is 6.54 Å². The lowest BCUT2D eigenvalue weighted by Crippen LogP contribution is -2.51. The largest absolute Gasteiger partial charge is 0.310 e. The number of rotatable bonds is 7. The van der Waals surface area contributed by atoms with Gasteiger partial charge < -0.3 is 5.32 Å². The lowest BCUT2D eigenvalue weighted by atomic mass is 9.90. The highest BCUT2D eigenvalue weighted by Crippen LogP contribution is 2.27. The molecule has 1 heterocycles. The van der Waals surface area contributed by atoms with Crippen molar-refractivity contribution in [2.45, 2.75) is 64.6 Å². The first-order valence-corrected chi connectivity index (χ1v) is 8.18. The van der Waals surface area contributed by atoms with Gasteiger partial charge in [-0.2, -0.15) is 0 Å². The van der Waals surface area contributed by atoms with Crippen LogP contribution in [0.15, 0.2) is 30.3 Å². The van der Waals surface area contributed by atoms with Crippen LogP contribution in [0.25, 0.3) is 0 Å². The predicted molar refractivity (Wildman–Crippen MR) is 86.9 cm³/mol. The van der Waals surface area contributed by atoms with Crippen LogP contribution in [0.2, 0.25) is 0 Å². The van der Waals surface area contributed by atoms with E-state index in [2.05, 4.69) is 61.3 Å². The van der Waals surface area contributed by atoms with Crippen LogP contribution in [0.5, 0.6) is 0 Å². The Bertz CT molecular complexity index is 380. The SMILES string of the molecule is CCCC1(CN(Cc2ccccc2)C(C)C)CCCN1. The minimum atomic E-state index is 0.355. The molecule has 1 aliphatic heterocycles. The normalized spacial score (nSPS) is 22.9. The minimum absolute atomic E-state index is 0.355. The van der Waals surface area contributed by atoms with E-state index in [-0.39, 0.29) is 0 Å². The van der Waals surface area contributed by atoms with E-state index >= 15 is 0 Å². The third-order valence-corrected chi connectivity index (χ3v) is 4.53. The molecule has 1 unspecified atom stereocenters. The summed E-state index contributed by atoms with van der Waals surface area (Å²) < 4.78 is 0. The summed E-state index contributed by atoms with van der Waals surface area (Å²) in [4.78, 5) is 2.63. The van der Waals surface area contributed by atoms with Gasteiger partial charge in [-0.05, 0) is 45.2 Å². The Morgan fingerprint density at radius 3 is 2.55 bits per heavy atom. The molecule has 0 amide bonds. The van der Waals surface area contributed by atoms with Crippen LogP contribution in [0.3, 0.4) is 0 Å². The summed E-state index contributed by atoms with van der Waals surface area (Å²) in [6.45, 7) is 10.4. The van der Waals surface area contributed by atoms with Gasteiger partial charge in [-0.25, -0.2) is 0 Å². The molecule has 1 atom stereocenters. The Labute approximate surface area is 124 Å². The number of nitrogens with one attached hydrogen (secondary N) is 1. The molecule has 2 nitrogen and oxygen atoms in total. The van der Waals surface area contributed by atoms with Crippen molar-refractivity contribution in [1.82, 2.24) is 10.2 Å². The van der Waals surface area contributed by atoms with Crippen molar-refractivity contribution < 1.29 is 0 Å². The van der Waals surface area contributed by atoms with E-state index < -0.39 is 0 Å². The van der Waals surface area contributed by atoms with Gasteiger partial charge in [0.25, 0.3) is 0 Å². The van der Waals surface area contributed by atoms with E-state index in [0.29, 0.717) is 11.6 Å². The van der Waals surface area contributed by atoms with Gasteiger partial charge >= 0.3 is 0 Å². The maximum Gasteiger partial charge on any atom is 0.0309 e. The lowest BCUT2D eigenvalue weighted by molar-refractivity contribution is 0.143. The van der Waals surface area contributed by atoms with Gasteiger partial charge in [0.15, 0.2) is 0 Å². The standard InChI is InChI=1S/C18H30N2/c1-4-11-18(12-8-13-19-18)15-20(16(2)3)14-17-9-6-5-7-10-17/h5-7,9-10,16,19H,4,8,11-15H2,1-3H3. The fourth-order valence-electron chi connectivity index (χ4n) is 3.40. The Balaban J connectivity index is 2.04. The summed E-state index contributed by atoms with van der Waals surface area (Å²) in [6, 6.07) is 11.5. The highest BCUT2D eigenvalue weighted by molar-refractivity contribution is 5.14. The van der Waals surface area contributed by atoms with Gasteiger partial charge in [-0.1, -0.05) is 43.7 Å². The van der Waals surface area contributed by atoms with E-state index in [1.54, 1.807) is 0 Å². The molecule has 1 fully saturated rings. The van der Waals surface area contributed by atoms with Gasteiger partial charge in [0.05, 0.1) is 0 Å². The maximum atomic E-state index is 3.80. The van der Waals surface area contributed by atoms with E-state index in [9.17, 15) is 0 Å². The van der Waals surface area contributed by atoms with Crippen LogP contribution in [0.1, 0.15) is 52.0 Å². The average molecular weight is 274 g/mol. The molecule has 0 saturated carbocycles. The highest BCUT2D eigenvalue weighted by Gasteiger charge is 2.34. The van der Waals surface area contributed by atoms with Crippen molar-refractivity contribution in [2.24, 2.45) is 0 Å². The molecule has 0 spiro atoms. The molecule has 1 saturated heterocycles. The number of hydrogen-bond donors (Lipinski definition) is 1. The third-order valence-electron chi connectivity index (χ3n) is 4.53. The molecule has 20 heavy (non-hydrogen) atoms. The van der Waals surface area contributed by atoms with Crippen molar-refractivity contribution in [3.63, 3.8) is 0 Å². The average Bonchev–Trinajstić information content (AvgIpc) is 2.88. The zero-order valence-electron chi connectivity index (χ0n) is 13.4. The Kier molecular flexibility index (Phi) is 5.62. The zero-order valence-corrected chi connectivity index (χ0v) is 13.4. The molecule has 112 valence electrons. The van der Waals surface area contributed by atoms with E-state index in [1.165, 1.54) is 44.3 Å². The first-order chi connectivity index (χ1) is 9.65. The second-order valence-electron chi connectivity index (χ2n) is 6.54. The molecule has 1 aromatic carbocycles. The second-order valence-corrected chi connectivity index (χ2v) is 6.54. The number of benzene rings is 1. The molecular formula is C18H30N2. The molecule has 0 aliphatic carbocycles. The summed E-state index contributed by atoms with van der Waals surface area (Å²) in [7, 11) is 0. The fourth-order valence-corrected chi connectivity index (χ4v) is 3.40. The maximum absolute atomic E-state index is 3.80. The van der Waals surface area contributed by atoms with E-state index in [4.69, 9.17) is 0 Å². The van der Waals surface area contributed by atoms with Gasteiger partial charge in [0.1, 0.15) is 0 Å². The molecule has 0 radical (unpaired) electrons. The van der Waals surface area contributed by atoms with E-state index in [0.717, 1.165) is 6.54 Å². The van der Waals surface area contributed by atoms with Gasteiger partial charge in [-0.3, -0.25) is 4.90 Å². The van der Waals surface area contributed by atoms with Crippen molar-refractivity contribution in [1.29, 1.82) is 0 Å². The monoisotopic (exact) mass is 274 g/mol. The van der Waals surface area contributed by atoms with Crippen molar-refractivity contribution >= 4 is 0 Å². The fraction of sp³-hybridized carbons (Fsp3) is 0.667. The molecule has 1 N–H and O–H groups in total. The number of hydrogen-bond acceptors (Lipinski definition) is 2. The van der Waals surface area contributed by atoms with Crippen LogP contribution in [0.4, 0.5) is 0 Å². The van der Waals surface area contributed by atoms with Crippen molar-refractivity contribution in [2.75, 3.05) is 13.1 Å². The Morgan fingerprint density at radius 2 is 2.00 bits per heavy atom. The first-order valence-electron chi connectivity index (χ1n) is 8.18. The highest BCUT2D eigenvalue weighted by atomic mass is 15.2. The lowest BCUT2D eigenvalue weighted by Gasteiger charge is -2.38. The predicted octanol–water partition coefficient (Wildman–Crippen LogP) is 3.82. The van der Waals surface area contributed by atoms with Crippen LogP contribution < -0.4 is 5.32 Å². The smallest absolute Gasteiger partial charge is 0.0309 e. The topological polar surface area (TPSA) is 15.3 Å². The molecule has 1 aliphatic rings. The van der Waals surface area contributed by atoms with Crippen molar-refractivity contribution in [3.8, 4) is 0 Å². The molecule has 2 rings (SSSR count). The molecule has 1 aromatic rings. The molecule has 2 heteroatoms. The summed E-state index contributed by atoms with van der Waals surface area (Å²) in [5.41, 5.74) is 1.78. The van der Waals surface area contributed by atoms with Crippen molar-refractivity contribution in [3.05, 3.63) is 35.9 Å². The zero-order chi connectivity index (χ0) is 14.4. The molecule has 0 aromatic heterocycles. The minimum Gasteiger partial charge on any atom is -0.310 e.